The van der Waals surface area contributed by atoms with Crippen LogP contribution in [0, 0.1) is 5.92 Å². The molecule has 0 radical (unpaired) electrons. The molecule has 0 saturated carbocycles. The molecule has 1 aliphatic heterocycles. The lowest BCUT2D eigenvalue weighted by atomic mass is 9.96. The Labute approximate surface area is 132 Å². The molecule has 2 rings (SSSR count). The van der Waals surface area contributed by atoms with Crippen LogP contribution in [0.2, 0.25) is 0 Å². The van der Waals surface area contributed by atoms with Crippen LogP contribution >= 0.6 is 0 Å². The van der Waals surface area contributed by atoms with Crippen LogP contribution in [0.1, 0.15) is 25.3 Å². The largest absolute Gasteiger partial charge is 0.497 e. The lowest BCUT2D eigenvalue weighted by Gasteiger charge is -2.30. The van der Waals surface area contributed by atoms with Crippen molar-refractivity contribution in [2.45, 2.75) is 19.8 Å². The second kappa shape index (κ2) is 7.99. The first-order valence-corrected chi connectivity index (χ1v) is 7.73. The first kappa shape index (κ1) is 16.6. The number of likely N-dealkylation sites (tertiary alicyclic amines) is 1. The van der Waals surface area contributed by atoms with Gasteiger partial charge in [0.25, 0.3) is 0 Å². The Hall–Kier alpha value is -1.81. The number of piperidine rings is 1. The number of esters is 1. The van der Waals surface area contributed by atoms with Gasteiger partial charge in [-0.2, -0.15) is 0 Å². The summed E-state index contributed by atoms with van der Waals surface area (Å²) in [6.45, 7) is 5.00. The molecule has 0 N–H and O–H groups in total. The standard InChI is InChI=1S/C18H25NO3/c1-14(12-15-4-6-17(21-2)7-5-15)13-19-10-8-16(9-11-19)18(20)22-3/h4-7,12,16H,8-11,13H2,1-3H3. The predicted molar refractivity (Wildman–Crippen MR) is 87.8 cm³/mol. The maximum atomic E-state index is 11.5. The lowest BCUT2D eigenvalue weighted by Crippen LogP contribution is -2.37. The Morgan fingerprint density at radius 3 is 2.41 bits per heavy atom. The molecule has 22 heavy (non-hydrogen) atoms. The summed E-state index contributed by atoms with van der Waals surface area (Å²) < 4.78 is 9.99. The van der Waals surface area contributed by atoms with Crippen molar-refractivity contribution in [3.05, 3.63) is 35.4 Å². The molecule has 0 bridgehead atoms. The minimum absolute atomic E-state index is 0.0647. The molecule has 4 nitrogen and oxygen atoms in total. The molecule has 0 unspecified atom stereocenters. The fourth-order valence-electron chi connectivity index (χ4n) is 2.88. The monoisotopic (exact) mass is 303 g/mol. The molecule has 1 fully saturated rings. The molecule has 4 heteroatoms. The molecule has 1 aromatic rings. The van der Waals surface area contributed by atoms with Crippen molar-refractivity contribution in [2.24, 2.45) is 5.92 Å². The highest BCUT2D eigenvalue weighted by molar-refractivity contribution is 5.72. The molecule has 1 aromatic carbocycles. The van der Waals surface area contributed by atoms with Gasteiger partial charge in [-0.3, -0.25) is 9.69 Å². The minimum Gasteiger partial charge on any atom is -0.497 e. The summed E-state index contributed by atoms with van der Waals surface area (Å²) in [6.07, 6.45) is 3.98. The van der Waals surface area contributed by atoms with Crippen LogP contribution in [0.4, 0.5) is 0 Å². The van der Waals surface area contributed by atoms with Gasteiger partial charge in [0, 0.05) is 6.54 Å². The molecular weight excluding hydrogens is 278 g/mol. The third-order valence-corrected chi connectivity index (χ3v) is 4.12. The average molecular weight is 303 g/mol. The summed E-state index contributed by atoms with van der Waals surface area (Å²) in [7, 11) is 3.14. The zero-order valence-electron chi connectivity index (χ0n) is 13.7. The van der Waals surface area contributed by atoms with E-state index in [1.54, 1.807) is 7.11 Å². The number of benzene rings is 1. The average Bonchev–Trinajstić information content (AvgIpc) is 2.55. The maximum Gasteiger partial charge on any atom is 0.308 e. The third-order valence-electron chi connectivity index (χ3n) is 4.12. The van der Waals surface area contributed by atoms with Crippen LogP contribution in [0.15, 0.2) is 29.8 Å². The smallest absolute Gasteiger partial charge is 0.308 e. The third kappa shape index (κ3) is 4.60. The van der Waals surface area contributed by atoms with Crippen molar-refractivity contribution in [1.82, 2.24) is 4.90 Å². The molecule has 0 aromatic heterocycles. The van der Waals surface area contributed by atoms with Crippen molar-refractivity contribution in [1.29, 1.82) is 0 Å². The van der Waals surface area contributed by atoms with Crippen molar-refractivity contribution >= 4 is 12.0 Å². The number of carbonyl (C=O) groups excluding carboxylic acids is 1. The predicted octanol–water partition coefficient (Wildman–Crippen LogP) is 2.98. The molecule has 1 heterocycles. The Morgan fingerprint density at radius 1 is 1.23 bits per heavy atom. The number of hydrogen-bond donors (Lipinski definition) is 0. The normalized spacial score (nSPS) is 17.3. The van der Waals surface area contributed by atoms with Gasteiger partial charge in [0.2, 0.25) is 0 Å². The van der Waals surface area contributed by atoms with Crippen LogP contribution in [0.3, 0.4) is 0 Å². The second-order valence-corrected chi connectivity index (χ2v) is 5.84. The van der Waals surface area contributed by atoms with Gasteiger partial charge in [-0.05, 0) is 50.6 Å². The van der Waals surface area contributed by atoms with Gasteiger partial charge in [0.1, 0.15) is 5.75 Å². The van der Waals surface area contributed by atoms with Gasteiger partial charge in [-0.1, -0.05) is 23.8 Å². The quantitative estimate of drug-likeness (QED) is 0.784. The first-order valence-electron chi connectivity index (χ1n) is 7.73. The Morgan fingerprint density at radius 2 is 1.86 bits per heavy atom. The Bertz CT molecular complexity index is 514. The number of hydrogen-bond acceptors (Lipinski definition) is 4. The van der Waals surface area contributed by atoms with Gasteiger partial charge in [0.15, 0.2) is 0 Å². The summed E-state index contributed by atoms with van der Waals surface area (Å²) in [4.78, 5) is 13.9. The maximum absolute atomic E-state index is 11.5. The van der Waals surface area contributed by atoms with Crippen LogP contribution in [-0.2, 0) is 9.53 Å². The van der Waals surface area contributed by atoms with E-state index in [1.165, 1.54) is 18.2 Å². The molecular formula is C18H25NO3. The Kier molecular flexibility index (Phi) is 6.01. The number of rotatable bonds is 5. The zero-order chi connectivity index (χ0) is 15.9. The highest BCUT2D eigenvalue weighted by Crippen LogP contribution is 2.20. The SMILES string of the molecule is COC(=O)C1CCN(CC(C)=Cc2ccc(OC)cc2)CC1. The summed E-state index contributed by atoms with van der Waals surface area (Å²) in [6, 6.07) is 8.07. The number of ether oxygens (including phenoxy) is 2. The van der Waals surface area contributed by atoms with Crippen LogP contribution in [0.25, 0.3) is 6.08 Å². The summed E-state index contributed by atoms with van der Waals surface area (Å²) >= 11 is 0. The van der Waals surface area contributed by atoms with E-state index in [-0.39, 0.29) is 11.9 Å². The van der Waals surface area contributed by atoms with Gasteiger partial charge in [-0.25, -0.2) is 0 Å². The van der Waals surface area contributed by atoms with E-state index >= 15 is 0 Å². The molecule has 1 aliphatic rings. The van der Waals surface area contributed by atoms with E-state index in [9.17, 15) is 4.79 Å². The topological polar surface area (TPSA) is 38.8 Å². The molecule has 120 valence electrons. The summed E-state index contributed by atoms with van der Waals surface area (Å²) in [5.41, 5.74) is 2.50. The van der Waals surface area contributed by atoms with E-state index in [2.05, 4.69) is 30.0 Å². The van der Waals surface area contributed by atoms with Crippen molar-refractivity contribution in [3.8, 4) is 5.75 Å². The van der Waals surface area contributed by atoms with E-state index < -0.39 is 0 Å². The molecule has 0 aliphatic carbocycles. The minimum atomic E-state index is -0.0647. The first-order chi connectivity index (χ1) is 10.6. The van der Waals surface area contributed by atoms with Gasteiger partial charge in [-0.15, -0.1) is 0 Å². The lowest BCUT2D eigenvalue weighted by molar-refractivity contribution is -0.147. The molecule has 0 atom stereocenters. The van der Waals surface area contributed by atoms with E-state index in [1.807, 2.05) is 12.1 Å². The van der Waals surface area contributed by atoms with Crippen LogP contribution in [0.5, 0.6) is 5.75 Å². The highest BCUT2D eigenvalue weighted by Gasteiger charge is 2.25. The van der Waals surface area contributed by atoms with Gasteiger partial charge in [0.05, 0.1) is 20.1 Å². The van der Waals surface area contributed by atoms with E-state index in [4.69, 9.17) is 9.47 Å². The van der Waals surface area contributed by atoms with E-state index in [0.717, 1.165) is 38.2 Å². The number of nitrogens with zero attached hydrogens (tertiary/aromatic N) is 1. The molecule has 0 spiro atoms. The Balaban J connectivity index is 1.85. The summed E-state index contributed by atoms with van der Waals surface area (Å²) in [5.74, 6) is 0.886. The molecule has 1 saturated heterocycles. The highest BCUT2D eigenvalue weighted by atomic mass is 16.5. The summed E-state index contributed by atoms with van der Waals surface area (Å²) in [5, 5.41) is 0. The second-order valence-electron chi connectivity index (χ2n) is 5.84. The molecule has 0 amide bonds. The van der Waals surface area contributed by atoms with Crippen molar-refractivity contribution in [2.75, 3.05) is 33.9 Å². The fraction of sp³-hybridized carbons (Fsp3) is 0.500. The van der Waals surface area contributed by atoms with Crippen LogP contribution < -0.4 is 4.74 Å². The van der Waals surface area contributed by atoms with Crippen molar-refractivity contribution in [3.63, 3.8) is 0 Å². The zero-order valence-corrected chi connectivity index (χ0v) is 13.7. The number of methoxy groups -OCH3 is 2. The fourth-order valence-corrected chi connectivity index (χ4v) is 2.88. The number of carbonyl (C=O) groups is 1. The van der Waals surface area contributed by atoms with E-state index in [0.29, 0.717) is 0 Å². The van der Waals surface area contributed by atoms with Gasteiger partial charge >= 0.3 is 5.97 Å². The van der Waals surface area contributed by atoms with Crippen molar-refractivity contribution < 1.29 is 14.3 Å². The van der Waals surface area contributed by atoms with Crippen LogP contribution in [-0.4, -0.2) is 44.7 Å². The van der Waals surface area contributed by atoms with Gasteiger partial charge < -0.3 is 9.47 Å².